The average molecular weight is 1020 g/mol. The maximum absolute atomic E-state index is 11.7. The third kappa shape index (κ3) is 14.8. The molecule has 25 heteroatoms. The molecule has 14 N–H and O–H groups in total. The Hall–Kier alpha value is -2.16. The van der Waals surface area contributed by atoms with Crippen molar-refractivity contribution in [2.45, 2.75) is 225 Å². The van der Waals surface area contributed by atoms with Crippen molar-refractivity contribution in [2.75, 3.05) is 26.4 Å². The van der Waals surface area contributed by atoms with Gasteiger partial charge in [0.25, 0.3) is 0 Å². The second-order valence-corrected chi connectivity index (χ2v) is 18.9. The van der Waals surface area contributed by atoms with Gasteiger partial charge in [-0.3, -0.25) is 4.79 Å². The second-order valence-electron chi connectivity index (χ2n) is 18.9. The van der Waals surface area contributed by atoms with Crippen LogP contribution in [0.25, 0.3) is 0 Å². The zero-order valence-corrected chi connectivity index (χ0v) is 39.3. The molecule has 5 fully saturated rings. The third-order valence-electron chi connectivity index (χ3n) is 13.7. The largest absolute Gasteiger partial charge is 0.481 e. The van der Waals surface area contributed by atoms with Crippen molar-refractivity contribution >= 4 is 11.9 Å². The van der Waals surface area contributed by atoms with E-state index in [1.807, 2.05) is 0 Å². The molecule has 0 aliphatic carbocycles. The van der Waals surface area contributed by atoms with E-state index in [-0.39, 0.29) is 5.57 Å². The Morgan fingerprint density at radius 1 is 0.529 bits per heavy atom. The molecule has 23 atom stereocenters. The van der Waals surface area contributed by atoms with Gasteiger partial charge in [0.05, 0.1) is 32.5 Å². The summed E-state index contributed by atoms with van der Waals surface area (Å²) >= 11 is 0. The van der Waals surface area contributed by atoms with E-state index in [0.29, 0.717) is 19.3 Å². The number of aliphatic hydroxyl groups is 13. The Bertz CT molecular complexity index is 1590. The Labute approximate surface area is 405 Å². The highest BCUT2D eigenvalue weighted by Crippen LogP contribution is 2.36. The number of carboxylic acid groups (broad SMARTS) is 1. The average Bonchev–Trinajstić information content (AvgIpc) is 3.63. The number of aliphatic hydroxyl groups excluding tert-OH is 13. The normalized spacial score (nSPS) is 41.9. The van der Waals surface area contributed by atoms with E-state index in [1.165, 1.54) is 0 Å². The highest BCUT2D eigenvalue weighted by molar-refractivity contribution is 5.97. The number of unbranched alkanes of at least 4 members (excludes halogenated alkanes) is 10. The van der Waals surface area contributed by atoms with Gasteiger partial charge in [-0.2, -0.15) is 0 Å². The molecule has 5 heterocycles. The molecule has 5 aliphatic rings. The van der Waals surface area contributed by atoms with Crippen molar-refractivity contribution in [3.05, 3.63) is 12.2 Å². The summed E-state index contributed by atoms with van der Waals surface area (Å²) in [5, 5.41) is 146. The zero-order valence-electron chi connectivity index (χ0n) is 39.3. The van der Waals surface area contributed by atoms with Gasteiger partial charge < -0.3 is 114 Å². The number of hydrogen-bond donors (Lipinski definition) is 14. The number of rotatable bonds is 27. The molecule has 0 aromatic rings. The van der Waals surface area contributed by atoms with Crippen LogP contribution in [0.4, 0.5) is 0 Å². The quantitative estimate of drug-likeness (QED) is 0.0211. The minimum Gasteiger partial charge on any atom is -0.481 e. The van der Waals surface area contributed by atoms with Crippen LogP contribution >= 0.6 is 0 Å². The monoisotopic (exact) mass is 1020 g/mol. The van der Waals surface area contributed by atoms with Crippen LogP contribution < -0.4 is 0 Å². The number of carbonyl (C=O) groups is 2. The number of ether oxygens (including phenoxy) is 9. The highest BCUT2D eigenvalue weighted by Gasteiger charge is 2.55. The van der Waals surface area contributed by atoms with E-state index in [4.69, 9.17) is 42.6 Å². The van der Waals surface area contributed by atoms with Gasteiger partial charge in [-0.05, 0) is 26.2 Å². The molecular weight excluding hydrogens is 940 g/mol. The van der Waals surface area contributed by atoms with Gasteiger partial charge in [-0.25, -0.2) is 4.79 Å². The van der Waals surface area contributed by atoms with E-state index in [0.717, 1.165) is 64.2 Å². The summed E-state index contributed by atoms with van der Waals surface area (Å²) in [7, 11) is 0. The number of carboxylic acids is 1. The van der Waals surface area contributed by atoms with E-state index in [2.05, 4.69) is 6.58 Å². The second kappa shape index (κ2) is 27.9. The molecule has 20 unspecified atom stereocenters. The van der Waals surface area contributed by atoms with Gasteiger partial charge in [-0.1, -0.05) is 70.8 Å². The summed E-state index contributed by atoms with van der Waals surface area (Å²) in [6, 6.07) is 0. The number of carbonyl (C=O) groups excluding carboxylic acids is 1. The van der Waals surface area contributed by atoms with E-state index in [1.54, 1.807) is 6.92 Å². The standard InChI is InChI=1S/C45H76O25/c1-20(14-12-10-8-6-4-3-5-7-9-11-13-15-22-27(40(59)60)21(2)41(61)64-22)63-45-39(38(31(52)25(18-48)67-45)69-43-36(57)33(54)29(50)24(17-47)66-43)70-44-37(58)34(55)30(51)26(68-44)19-62-42-35(56)32(53)28(49)23(16-46)65-42/h20,22-39,42-58H,2-19H2,1H3,(H,59,60)/t20-,22-,23?,24?,25?,26?,27+,28?,29?,30?,31?,32?,33?,34?,35?,36?,37?,38?,39?,42?,43?,44?,45?/m0/s1. The van der Waals surface area contributed by atoms with Crippen molar-refractivity contribution in [1.29, 1.82) is 0 Å². The van der Waals surface area contributed by atoms with Crippen LogP contribution in [0.3, 0.4) is 0 Å². The third-order valence-corrected chi connectivity index (χ3v) is 13.7. The lowest BCUT2D eigenvalue weighted by Crippen LogP contribution is -2.67. The van der Waals surface area contributed by atoms with Crippen molar-refractivity contribution in [1.82, 2.24) is 0 Å². The van der Waals surface area contributed by atoms with Crippen LogP contribution in [0.2, 0.25) is 0 Å². The number of hydrogen-bond acceptors (Lipinski definition) is 24. The molecule has 0 aromatic carbocycles. The minimum atomic E-state index is -2.02. The number of aliphatic carboxylic acids is 1. The summed E-state index contributed by atoms with van der Waals surface area (Å²) in [5.41, 5.74) is -0.00796. The first-order valence-electron chi connectivity index (χ1n) is 24.3. The molecule has 5 saturated heterocycles. The van der Waals surface area contributed by atoms with E-state index in [9.17, 15) is 81.1 Å². The van der Waals surface area contributed by atoms with Crippen LogP contribution in [0.15, 0.2) is 12.2 Å². The van der Waals surface area contributed by atoms with Gasteiger partial charge in [0.15, 0.2) is 25.2 Å². The molecule has 70 heavy (non-hydrogen) atoms. The Kier molecular flexibility index (Phi) is 23.4. The van der Waals surface area contributed by atoms with Crippen LogP contribution in [0, 0.1) is 5.92 Å². The molecule has 0 amide bonds. The van der Waals surface area contributed by atoms with Crippen LogP contribution in [0.5, 0.6) is 0 Å². The molecule has 406 valence electrons. The molecule has 25 nitrogen and oxygen atoms in total. The fourth-order valence-corrected chi connectivity index (χ4v) is 9.33. The molecular formula is C45H76O25. The number of esters is 1. The van der Waals surface area contributed by atoms with E-state index >= 15 is 0 Å². The lowest BCUT2D eigenvalue weighted by atomic mass is 9.93. The van der Waals surface area contributed by atoms with Gasteiger partial charge in [0.1, 0.15) is 110 Å². The molecule has 0 aromatic heterocycles. The molecule has 0 bridgehead atoms. The summed E-state index contributed by atoms with van der Waals surface area (Å²) < 4.78 is 51.8. The summed E-state index contributed by atoms with van der Waals surface area (Å²) in [6.45, 7) is 2.19. The molecule has 5 aliphatic heterocycles. The Morgan fingerprint density at radius 2 is 0.943 bits per heavy atom. The van der Waals surface area contributed by atoms with Gasteiger partial charge in [0.2, 0.25) is 0 Å². The predicted octanol–water partition coefficient (Wildman–Crippen LogP) is -4.08. The predicted molar refractivity (Wildman–Crippen MR) is 232 cm³/mol. The smallest absolute Gasteiger partial charge is 0.334 e. The summed E-state index contributed by atoms with van der Waals surface area (Å²) in [6.07, 6.45) is -24.9. The fourth-order valence-electron chi connectivity index (χ4n) is 9.33. The lowest BCUT2D eigenvalue weighted by Gasteiger charge is -2.49. The molecule has 0 saturated carbocycles. The molecule has 5 rings (SSSR count). The number of cyclic esters (lactones) is 1. The first-order valence-corrected chi connectivity index (χ1v) is 24.3. The Balaban J connectivity index is 1.16. The summed E-state index contributed by atoms with van der Waals surface area (Å²) in [5.74, 6) is -2.74. The topological polar surface area (TPSA) is 400 Å². The highest BCUT2D eigenvalue weighted by atomic mass is 16.8. The zero-order chi connectivity index (χ0) is 51.4. The Morgan fingerprint density at radius 3 is 1.46 bits per heavy atom. The first-order chi connectivity index (χ1) is 33.3. The van der Waals surface area contributed by atoms with Crippen LogP contribution in [-0.2, 0) is 52.2 Å². The van der Waals surface area contributed by atoms with Crippen LogP contribution in [-0.4, -0.2) is 245 Å². The van der Waals surface area contributed by atoms with Crippen LogP contribution in [0.1, 0.15) is 90.4 Å². The van der Waals surface area contributed by atoms with Crippen molar-refractivity contribution < 1.29 is 124 Å². The summed E-state index contributed by atoms with van der Waals surface area (Å²) in [4.78, 5) is 23.2. The SMILES string of the molecule is C=C1C(=O)O[C@@H](CCCCCCCCCCCCC[C@H](C)OC2OC(CO)C(O)C(OC3OC(CO)C(O)C(O)C3O)C2OC2OC(COC3OC(CO)C(O)C(O)C3O)C(O)C(O)C2O)[C@@H]1C(=O)O. The minimum absolute atomic E-state index is 0.00796. The first kappa shape index (κ1) is 58.7. The van der Waals surface area contributed by atoms with Gasteiger partial charge in [0, 0.05) is 5.57 Å². The van der Waals surface area contributed by atoms with Crippen molar-refractivity contribution in [3.8, 4) is 0 Å². The lowest BCUT2D eigenvalue weighted by molar-refractivity contribution is -0.396. The van der Waals surface area contributed by atoms with Crippen molar-refractivity contribution in [2.24, 2.45) is 5.92 Å². The molecule has 0 spiro atoms. The molecule has 0 radical (unpaired) electrons. The van der Waals surface area contributed by atoms with Gasteiger partial charge in [-0.15, -0.1) is 0 Å². The maximum atomic E-state index is 11.7. The maximum Gasteiger partial charge on any atom is 0.334 e. The fraction of sp³-hybridized carbons (Fsp3) is 0.911. The van der Waals surface area contributed by atoms with Gasteiger partial charge >= 0.3 is 11.9 Å². The van der Waals surface area contributed by atoms with Crippen molar-refractivity contribution in [3.63, 3.8) is 0 Å². The van der Waals surface area contributed by atoms with E-state index < -0.39 is 179 Å².